The molecule has 90 valence electrons. The highest BCUT2D eigenvalue weighted by Crippen LogP contribution is 2.13. The second-order valence-corrected chi connectivity index (χ2v) is 5.36. The van der Waals surface area contributed by atoms with Crippen LogP contribution in [0.4, 0.5) is 4.79 Å². The van der Waals surface area contributed by atoms with Crippen molar-refractivity contribution in [2.75, 3.05) is 26.0 Å². The first-order valence-corrected chi connectivity index (χ1v) is 6.30. The van der Waals surface area contributed by atoms with Crippen LogP contribution < -0.4 is 5.32 Å². The molecule has 1 aliphatic heterocycles. The van der Waals surface area contributed by atoms with Gasteiger partial charge in [-0.05, 0) is 6.42 Å². The Morgan fingerprint density at radius 3 is 2.94 bits per heavy atom. The number of nitrogens with one attached hydrogen (secondary N) is 1. The molecule has 8 heteroatoms. The van der Waals surface area contributed by atoms with Crippen molar-refractivity contribution in [3.05, 3.63) is 0 Å². The van der Waals surface area contributed by atoms with Gasteiger partial charge in [0.05, 0.1) is 13.2 Å². The van der Waals surface area contributed by atoms with Crippen molar-refractivity contribution < 1.29 is 17.9 Å². The number of sulfonamides is 1. The third-order valence-electron chi connectivity index (χ3n) is 2.30. The van der Waals surface area contributed by atoms with Crippen LogP contribution in [0.3, 0.4) is 0 Å². The van der Waals surface area contributed by atoms with Gasteiger partial charge in [-0.15, -0.1) is 0 Å². The number of hydrogen-bond donors (Lipinski definition) is 1. The lowest BCUT2D eigenvalue weighted by Crippen LogP contribution is -2.38. The number of methoxy groups -OCH3 is 1. The van der Waals surface area contributed by atoms with E-state index in [1.54, 1.807) is 6.07 Å². The zero-order valence-electron chi connectivity index (χ0n) is 8.84. The van der Waals surface area contributed by atoms with E-state index < -0.39 is 21.9 Å². The summed E-state index contributed by atoms with van der Waals surface area (Å²) in [6.45, 7) is 0.512. The molecule has 1 N–H and O–H groups in total. The molecule has 0 saturated carbocycles. The van der Waals surface area contributed by atoms with Crippen LogP contribution in [0, 0.1) is 11.3 Å². The highest BCUT2D eigenvalue weighted by atomic mass is 32.2. The van der Waals surface area contributed by atoms with Crippen LogP contribution in [-0.2, 0) is 14.8 Å². The number of carbonyl (C=O) groups excluding carboxylic acids is 1. The molecule has 1 aliphatic rings. The summed E-state index contributed by atoms with van der Waals surface area (Å²) in [4.78, 5) is 10.9. The fraction of sp³-hybridized carbons (Fsp3) is 0.750. The highest BCUT2D eigenvalue weighted by Gasteiger charge is 2.31. The quantitative estimate of drug-likeness (QED) is 0.708. The molecule has 0 aromatic carbocycles. The molecule has 1 amide bonds. The van der Waals surface area contributed by atoms with Gasteiger partial charge in [0.2, 0.25) is 10.0 Å². The summed E-state index contributed by atoms with van der Waals surface area (Å²) in [6, 6.07) is 1.36. The van der Waals surface area contributed by atoms with Gasteiger partial charge in [0.15, 0.2) is 5.75 Å². The minimum absolute atomic E-state index is 0.194. The van der Waals surface area contributed by atoms with Crippen molar-refractivity contribution >= 4 is 16.1 Å². The van der Waals surface area contributed by atoms with Crippen LogP contribution in [0.25, 0.3) is 0 Å². The molecule has 1 unspecified atom stereocenters. The number of ether oxygens (including phenoxy) is 1. The van der Waals surface area contributed by atoms with Gasteiger partial charge in [-0.25, -0.2) is 13.2 Å². The van der Waals surface area contributed by atoms with E-state index in [0.717, 1.165) is 0 Å². The molecule has 0 aromatic rings. The number of carbonyl (C=O) groups is 1. The number of rotatable bonds is 3. The van der Waals surface area contributed by atoms with Gasteiger partial charge < -0.3 is 10.1 Å². The van der Waals surface area contributed by atoms with Gasteiger partial charge in [0.25, 0.3) is 0 Å². The van der Waals surface area contributed by atoms with Crippen molar-refractivity contribution in [1.82, 2.24) is 9.62 Å². The summed E-state index contributed by atoms with van der Waals surface area (Å²) in [5.74, 6) is -0.530. The molecule has 0 aromatic heterocycles. The molecule has 16 heavy (non-hydrogen) atoms. The standard InChI is InChI=1S/C8H13N3O4S/c1-15-8(12)10-7-2-4-11(6-7)16(13,14)5-3-9/h7H,2,4-6H2,1H3,(H,10,12). The Bertz CT molecular complexity index is 400. The molecule has 1 saturated heterocycles. The molecular formula is C8H13N3O4S. The molecule has 1 heterocycles. The van der Waals surface area contributed by atoms with Crippen LogP contribution in [0.5, 0.6) is 0 Å². The number of hydrogen-bond acceptors (Lipinski definition) is 5. The maximum Gasteiger partial charge on any atom is 0.407 e. The van der Waals surface area contributed by atoms with E-state index in [4.69, 9.17) is 5.26 Å². The van der Waals surface area contributed by atoms with Gasteiger partial charge in [0.1, 0.15) is 0 Å². The molecule has 1 rings (SSSR count). The zero-order valence-corrected chi connectivity index (χ0v) is 9.66. The van der Waals surface area contributed by atoms with Crippen molar-refractivity contribution in [3.8, 4) is 6.07 Å². The Balaban J connectivity index is 2.53. The van der Waals surface area contributed by atoms with Crippen LogP contribution in [-0.4, -0.2) is 50.8 Å². The molecule has 7 nitrogen and oxygen atoms in total. The zero-order chi connectivity index (χ0) is 12.2. The van der Waals surface area contributed by atoms with E-state index >= 15 is 0 Å². The smallest absolute Gasteiger partial charge is 0.407 e. The van der Waals surface area contributed by atoms with E-state index in [2.05, 4.69) is 10.1 Å². The SMILES string of the molecule is COC(=O)NC1CCN(S(=O)(=O)CC#N)C1. The molecule has 0 aliphatic carbocycles. The van der Waals surface area contributed by atoms with Crippen molar-refractivity contribution in [1.29, 1.82) is 5.26 Å². The predicted molar refractivity (Wildman–Crippen MR) is 54.9 cm³/mol. The summed E-state index contributed by atoms with van der Waals surface area (Å²) >= 11 is 0. The Labute approximate surface area is 94.0 Å². The molecule has 0 radical (unpaired) electrons. The molecular weight excluding hydrogens is 234 g/mol. The largest absolute Gasteiger partial charge is 0.453 e. The number of nitrogens with zero attached hydrogens (tertiary/aromatic N) is 2. The lowest BCUT2D eigenvalue weighted by atomic mass is 10.3. The predicted octanol–water partition coefficient (Wildman–Crippen LogP) is -0.730. The topological polar surface area (TPSA) is 99.5 Å². The second kappa shape index (κ2) is 5.14. The summed E-state index contributed by atoms with van der Waals surface area (Å²) in [5.41, 5.74) is 0. The minimum Gasteiger partial charge on any atom is -0.453 e. The average molecular weight is 247 g/mol. The van der Waals surface area contributed by atoms with Crippen LogP contribution in [0.15, 0.2) is 0 Å². The third-order valence-corrected chi connectivity index (χ3v) is 3.91. The van der Waals surface area contributed by atoms with Gasteiger partial charge in [-0.2, -0.15) is 9.57 Å². The third kappa shape index (κ3) is 3.08. The van der Waals surface area contributed by atoms with E-state index in [1.165, 1.54) is 11.4 Å². The summed E-state index contributed by atoms with van der Waals surface area (Å²) in [7, 11) is -2.26. The highest BCUT2D eigenvalue weighted by molar-refractivity contribution is 7.89. The summed E-state index contributed by atoms with van der Waals surface area (Å²) in [6.07, 6.45) is -0.0516. The fourth-order valence-corrected chi connectivity index (χ4v) is 2.63. The summed E-state index contributed by atoms with van der Waals surface area (Å²) < 4.78 is 28.6. The number of nitriles is 1. The van der Waals surface area contributed by atoms with E-state index in [1.807, 2.05) is 0 Å². The van der Waals surface area contributed by atoms with Gasteiger partial charge >= 0.3 is 6.09 Å². The lowest BCUT2D eigenvalue weighted by molar-refractivity contribution is 0.167. The monoisotopic (exact) mass is 247 g/mol. The van der Waals surface area contributed by atoms with Gasteiger partial charge in [0, 0.05) is 19.1 Å². The Kier molecular flexibility index (Phi) is 4.09. The maximum atomic E-state index is 11.5. The van der Waals surface area contributed by atoms with Gasteiger partial charge in [-0.3, -0.25) is 0 Å². The summed E-state index contributed by atoms with van der Waals surface area (Å²) in [5, 5.41) is 10.9. The number of alkyl carbamates (subject to hydrolysis) is 1. The molecule has 0 spiro atoms. The van der Waals surface area contributed by atoms with E-state index in [9.17, 15) is 13.2 Å². The van der Waals surface area contributed by atoms with Crippen molar-refractivity contribution in [2.24, 2.45) is 0 Å². The number of amides is 1. The first-order chi connectivity index (χ1) is 7.49. The van der Waals surface area contributed by atoms with Crippen molar-refractivity contribution in [2.45, 2.75) is 12.5 Å². The first-order valence-electron chi connectivity index (χ1n) is 4.69. The lowest BCUT2D eigenvalue weighted by Gasteiger charge is -2.14. The fourth-order valence-electron chi connectivity index (χ4n) is 1.50. The molecule has 1 fully saturated rings. The van der Waals surface area contributed by atoms with Crippen LogP contribution in [0.1, 0.15) is 6.42 Å². The molecule has 1 atom stereocenters. The van der Waals surface area contributed by atoms with E-state index in [0.29, 0.717) is 13.0 Å². The van der Waals surface area contributed by atoms with Crippen LogP contribution >= 0.6 is 0 Å². The van der Waals surface area contributed by atoms with Gasteiger partial charge in [-0.1, -0.05) is 0 Å². The second-order valence-electron chi connectivity index (χ2n) is 3.39. The first kappa shape index (κ1) is 12.7. The van der Waals surface area contributed by atoms with Crippen molar-refractivity contribution in [3.63, 3.8) is 0 Å². The van der Waals surface area contributed by atoms with Crippen LogP contribution in [0.2, 0.25) is 0 Å². The molecule has 0 bridgehead atoms. The Hall–Kier alpha value is -1.33. The minimum atomic E-state index is -3.51. The Morgan fingerprint density at radius 2 is 2.38 bits per heavy atom. The average Bonchev–Trinajstić information content (AvgIpc) is 2.66. The van der Waals surface area contributed by atoms with E-state index in [-0.39, 0.29) is 12.6 Å². The Morgan fingerprint density at radius 1 is 1.69 bits per heavy atom. The normalized spacial score (nSPS) is 21.4. The maximum absolute atomic E-state index is 11.5.